The van der Waals surface area contributed by atoms with E-state index in [2.05, 4.69) is 34.4 Å². The smallest absolute Gasteiger partial charge is 0.233 e. The average molecular weight is 398 g/mol. The second kappa shape index (κ2) is 7.14. The highest BCUT2D eigenvalue weighted by atomic mass is 15.3. The van der Waals surface area contributed by atoms with Gasteiger partial charge in [-0.05, 0) is 38.1 Å². The first-order valence-electron chi connectivity index (χ1n) is 9.85. The van der Waals surface area contributed by atoms with Crippen molar-refractivity contribution in [2.75, 3.05) is 10.6 Å². The average Bonchev–Trinajstić information content (AvgIpc) is 3.31. The maximum atomic E-state index is 4.75. The molecule has 5 aromatic rings. The molecule has 150 valence electrons. The number of nitrogens with one attached hydrogen (secondary N) is 2. The van der Waals surface area contributed by atoms with E-state index in [1.54, 1.807) is 6.33 Å². The number of nitrogens with zero attached hydrogens (tertiary/aromatic N) is 6. The minimum absolute atomic E-state index is 0.220. The zero-order valence-corrected chi connectivity index (χ0v) is 17.0. The number of imidazole rings is 2. The second-order valence-electron chi connectivity index (χ2n) is 7.41. The highest BCUT2D eigenvalue weighted by Crippen LogP contribution is 2.27. The minimum atomic E-state index is 0.220. The van der Waals surface area contributed by atoms with Crippen molar-refractivity contribution in [3.63, 3.8) is 0 Å². The normalized spacial score (nSPS) is 11.5. The maximum Gasteiger partial charge on any atom is 0.233 e. The molecule has 0 saturated heterocycles. The van der Waals surface area contributed by atoms with Gasteiger partial charge >= 0.3 is 0 Å². The van der Waals surface area contributed by atoms with Crippen molar-refractivity contribution in [1.29, 1.82) is 0 Å². The summed E-state index contributed by atoms with van der Waals surface area (Å²) in [7, 11) is 1.97. The molecule has 30 heavy (non-hydrogen) atoms. The Morgan fingerprint density at radius 2 is 1.63 bits per heavy atom. The quantitative estimate of drug-likeness (QED) is 0.443. The molecule has 0 fully saturated rings. The van der Waals surface area contributed by atoms with Crippen LogP contribution in [0, 0.1) is 0 Å². The van der Waals surface area contributed by atoms with Gasteiger partial charge in [0.25, 0.3) is 0 Å². The SMILES string of the molecule is CC(C)n1cnc2c(Nc3ccccc3)nc(Nc3nc4ccccc4n3C)nc21. The van der Waals surface area contributed by atoms with Gasteiger partial charge in [-0.15, -0.1) is 0 Å². The first-order valence-corrected chi connectivity index (χ1v) is 9.85. The van der Waals surface area contributed by atoms with Crippen molar-refractivity contribution >= 4 is 45.6 Å². The van der Waals surface area contributed by atoms with E-state index in [1.807, 2.05) is 70.8 Å². The molecule has 0 radical (unpaired) electrons. The predicted molar refractivity (Wildman–Crippen MR) is 119 cm³/mol. The number of anilines is 4. The number of para-hydroxylation sites is 3. The monoisotopic (exact) mass is 398 g/mol. The first-order chi connectivity index (χ1) is 14.6. The molecule has 0 unspecified atom stereocenters. The molecule has 3 heterocycles. The van der Waals surface area contributed by atoms with Gasteiger partial charge in [0.05, 0.1) is 17.4 Å². The van der Waals surface area contributed by atoms with Gasteiger partial charge in [0.15, 0.2) is 17.0 Å². The Hall–Kier alpha value is -3.94. The van der Waals surface area contributed by atoms with E-state index in [-0.39, 0.29) is 6.04 Å². The lowest BCUT2D eigenvalue weighted by molar-refractivity contribution is 0.613. The topological polar surface area (TPSA) is 85.5 Å². The van der Waals surface area contributed by atoms with Crippen LogP contribution in [0.3, 0.4) is 0 Å². The van der Waals surface area contributed by atoms with Crippen LogP contribution in [0.5, 0.6) is 0 Å². The maximum absolute atomic E-state index is 4.75. The Bertz CT molecular complexity index is 1330. The summed E-state index contributed by atoms with van der Waals surface area (Å²) >= 11 is 0. The molecule has 5 rings (SSSR count). The minimum Gasteiger partial charge on any atom is -0.338 e. The zero-order chi connectivity index (χ0) is 20.7. The number of aromatic nitrogens is 6. The molecule has 8 heteroatoms. The molecule has 0 saturated carbocycles. The van der Waals surface area contributed by atoms with Gasteiger partial charge < -0.3 is 14.5 Å². The summed E-state index contributed by atoms with van der Waals surface area (Å²) in [5.74, 6) is 1.78. The van der Waals surface area contributed by atoms with E-state index in [0.717, 1.165) is 27.9 Å². The van der Waals surface area contributed by atoms with Crippen LogP contribution in [0.25, 0.3) is 22.2 Å². The van der Waals surface area contributed by atoms with Crippen molar-refractivity contribution < 1.29 is 0 Å². The Morgan fingerprint density at radius 1 is 0.867 bits per heavy atom. The molecular weight excluding hydrogens is 376 g/mol. The number of aryl methyl sites for hydroxylation is 1. The van der Waals surface area contributed by atoms with Gasteiger partial charge in [-0.3, -0.25) is 5.32 Å². The fourth-order valence-corrected chi connectivity index (χ4v) is 3.45. The van der Waals surface area contributed by atoms with Crippen LogP contribution < -0.4 is 10.6 Å². The fraction of sp³-hybridized carbons (Fsp3) is 0.182. The molecule has 0 spiro atoms. The summed E-state index contributed by atoms with van der Waals surface area (Å²) in [5.41, 5.74) is 4.38. The Labute approximate surface area is 173 Å². The summed E-state index contributed by atoms with van der Waals surface area (Å²) < 4.78 is 4.03. The lowest BCUT2D eigenvalue weighted by atomic mass is 10.3. The van der Waals surface area contributed by atoms with Crippen molar-refractivity contribution in [3.8, 4) is 0 Å². The largest absolute Gasteiger partial charge is 0.338 e. The van der Waals surface area contributed by atoms with Crippen LogP contribution in [0.2, 0.25) is 0 Å². The zero-order valence-electron chi connectivity index (χ0n) is 17.0. The Morgan fingerprint density at radius 3 is 2.40 bits per heavy atom. The molecule has 2 N–H and O–H groups in total. The molecule has 8 nitrogen and oxygen atoms in total. The lowest BCUT2D eigenvalue weighted by Crippen LogP contribution is -2.07. The third kappa shape index (κ3) is 3.12. The molecule has 0 aliphatic rings. The fourth-order valence-electron chi connectivity index (χ4n) is 3.45. The molecule has 0 aliphatic carbocycles. The van der Waals surface area contributed by atoms with E-state index in [1.165, 1.54) is 0 Å². The molecular formula is C22H22N8. The third-order valence-electron chi connectivity index (χ3n) is 5.03. The van der Waals surface area contributed by atoms with Crippen LogP contribution in [-0.2, 0) is 7.05 Å². The van der Waals surface area contributed by atoms with Crippen molar-refractivity contribution in [1.82, 2.24) is 29.1 Å². The van der Waals surface area contributed by atoms with E-state index in [0.29, 0.717) is 17.7 Å². The molecule has 0 aliphatic heterocycles. The Balaban J connectivity index is 1.62. The van der Waals surface area contributed by atoms with Crippen LogP contribution in [0.15, 0.2) is 60.9 Å². The van der Waals surface area contributed by atoms with Crippen molar-refractivity contribution in [3.05, 3.63) is 60.9 Å². The van der Waals surface area contributed by atoms with E-state index < -0.39 is 0 Å². The summed E-state index contributed by atoms with van der Waals surface area (Å²) in [5, 5.41) is 6.66. The number of fused-ring (bicyclic) bond motifs is 2. The summed E-state index contributed by atoms with van der Waals surface area (Å²) in [6.45, 7) is 4.21. The van der Waals surface area contributed by atoms with E-state index in [4.69, 9.17) is 9.97 Å². The van der Waals surface area contributed by atoms with Gasteiger partial charge in [-0.2, -0.15) is 9.97 Å². The summed E-state index contributed by atoms with van der Waals surface area (Å²) in [4.78, 5) is 18.7. The molecule has 2 aromatic carbocycles. The highest BCUT2D eigenvalue weighted by molar-refractivity contribution is 5.87. The lowest BCUT2D eigenvalue weighted by Gasteiger charge is -2.12. The van der Waals surface area contributed by atoms with Gasteiger partial charge in [0, 0.05) is 18.8 Å². The van der Waals surface area contributed by atoms with Crippen LogP contribution in [-0.4, -0.2) is 29.1 Å². The van der Waals surface area contributed by atoms with Crippen LogP contribution in [0.4, 0.5) is 23.4 Å². The predicted octanol–water partition coefficient (Wildman–Crippen LogP) is 4.78. The number of benzene rings is 2. The number of hydrogen-bond donors (Lipinski definition) is 2. The molecule has 0 atom stereocenters. The summed E-state index contributed by atoms with van der Waals surface area (Å²) in [6.07, 6.45) is 1.80. The third-order valence-corrected chi connectivity index (χ3v) is 5.03. The summed E-state index contributed by atoms with van der Waals surface area (Å²) in [6, 6.07) is 18.1. The standard InChI is InChI=1S/C22H22N8/c1-14(2)30-13-23-18-19(24-15-9-5-4-6-10-15)26-21(27-20(18)30)28-22-25-16-11-7-8-12-17(16)29(22)3/h4-14H,1-3H3,(H2,24,25,26,27,28). The highest BCUT2D eigenvalue weighted by Gasteiger charge is 2.17. The van der Waals surface area contributed by atoms with Crippen LogP contribution in [0.1, 0.15) is 19.9 Å². The number of hydrogen-bond acceptors (Lipinski definition) is 6. The first kappa shape index (κ1) is 18.1. The van der Waals surface area contributed by atoms with Crippen molar-refractivity contribution in [2.45, 2.75) is 19.9 Å². The van der Waals surface area contributed by atoms with E-state index >= 15 is 0 Å². The molecule has 0 amide bonds. The molecule has 0 bridgehead atoms. The van der Waals surface area contributed by atoms with Gasteiger partial charge in [0.2, 0.25) is 11.9 Å². The van der Waals surface area contributed by atoms with Gasteiger partial charge in [-0.25, -0.2) is 9.97 Å². The van der Waals surface area contributed by atoms with E-state index in [9.17, 15) is 0 Å². The van der Waals surface area contributed by atoms with Crippen LogP contribution >= 0.6 is 0 Å². The van der Waals surface area contributed by atoms with Gasteiger partial charge in [-0.1, -0.05) is 30.3 Å². The van der Waals surface area contributed by atoms with Crippen molar-refractivity contribution in [2.24, 2.45) is 7.05 Å². The Kier molecular flexibility index (Phi) is 4.31. The molecule has 3 aromatic heterocycles. The second-order valence-corrected chi connectivity index (χ2v) is 7.41. The number of rotatable bonds is 5. The van der Waals surface area contributed by atoms with Gasteiger partial charge in [0.1, 0.15) is 0 Å².